The van der Waals surface area contributed by atoms with Gasteiger partial charge in [-0.15, -0.1) is 5.06 Å². The number of amides is 2. The molecule has 2 aromatic carbocycles. The van der Waals surface area contributed by atoms with E-state index in [0.29, 0.717) is 35.3 Å². The number of anilines is 1. The molecular weight excluding hydrogens is 467 g/mol. The van der Waals surface area contributed by atoms with Gasteiger partial charge in [0.15, 0.2) is 0 Å². The maximum Gasteiger partial charge on any atom is 0.492 e. The van der Waals surface area contributed by atoms with Crippen LogP contribution in [0.2, 0.25) is 0 Å². The Labute approximate surface area is 197 Å². The van der Waals surface area contributed by atoms with Crippen LogP contribution in [0.3, 0.4) is 0 Å². The first kappa shape index (κ1) is 24.2. The van der Waals surface area contributed by atoms with Gasteiger partial charge in [0.2, 0.25) is 5.91 Å². The molecule has 184 valence electrons. The molecule has 1 saturated heterocycles. The van der Waals surface area contributed by atoms with Crippen molar-refractivity contribution in [3.63, 3.8) is 0 Å². The van der Waals surface area contributed by atoms with E-state index < -0.39 is 18.1 Å². The predicted molar refractivity (Wildman–Crippen MR) is 119 cm³/mol. The summed E-state index contributed by atoms with van der Waals surface area (Å²) in [7, 11) is 0. The number of primary amides is 1. The van der Waals surface area contributed by atoms with E-state index in [1.54, 1.807) is 47.3 Å². The molecule has 1 aliphatic heterocycles. The topological polar surface area (TPSA) is 120 Å². The quantitative estimate of drug-likeness (QED) is 0.549. The number of carbonyl (C=O) groups excluding carboxylic acids is 3. The third-order valence-electron chi connectivity index (χ3n) is 5.62. The van der Waals surface area contributed by atoms with Crippen LogP contribution in [0.25, 0.3) is 16.6 Å². The molecule has 0 saturated carbocycles. The summed E-state index contributed by atoms with van der Waals surface area (Å²) in [6.07, 6.45) is -2.10. The molecular formula is C23H22F3N5O4. The van der Waals surface area contributed by atoms with Crippen molar-refractivity contribution in [3.05, 3.63) is 54.2 Å². The summed E-state index contributed by atoms with van der Waals surface area (Å²) in [5, 5.41) is 8.91. The van der Waals surface area contributed by atoms with Crippen LogP contribution in [0.4, 0.5) is 18.9 Å². The number of nitrogens with two attached hydrogens (primary N) is 1. The minimum Gasteiger partial charge on any atom is -0.366 e. The summed E-state index contributed by atoms with van der Waals surface area (Å²) in [5.74, 6) is -3.39. The standard InChI is InChI=1S/C23H22F3N5O4/c24-23(25,26)22(34)35-30-10-2-3-14(12-30)11-19(32)28-16-6-8-17(9-7-16)31-13-15-4-1-5-18(21(27)33)20(15)29-31/h1,4-9,13-14H,2-3,10-12H2,(H2,27,33)(H,28,32). The Balaban J connectivity index is 1.35. The molecule has 0 bridgehead atoms. The summed E-state index contributed by atoms with van der Waals surface area (Å²) in [4.78, 5) is 39.5. The Morgan fingerprint density at radius 1 is 1.14 bits per heavy atom. The fourth-order valence-electron chi connectivity index (χ4n) is 3.99. The Kier molecular flexibility index (Phi) is 6.74. The molecule has 2 heterocycles. The highest BCUT2D eigenvalue weighted by atomic mass is 19.4. The first-order chi connectivity index (χ1) is 16.6. The van der Waals surface area contributed by atoms with E-state index >= 15 is 0 Å². The number of carbonyl (C=O) groups is 3. The Morgan fingerprint density at radius 2 is 1.89 bits per heavy atom. The van der Waals surface area contributed by atoms with Crippen molar-refractivity contribution in [2.24, 2.45) is 11.7 Å². The number of hydroxylamine groups is 2. The second-order valence-electron chi connectivity index (χ2n) is 8.25. The normalized spacial score (nSPS) is 16.7. The second kappa shape index (κ2) is 9.74. The fraction of sp³-hybridized carbons (Fsp3) is 0.304. The Hall–Kier alpha value is -3.93. The van der Waals surface area contributed by atoms with Gasteiger partial charge in [-0.05, 0) is 49.1 Å². The van der Waals surface area contributed by atoms with E-state index in [1.807, 2.05) is 6.07 Å². The van der Waals surface area contributed by atoms with Crippen molar-refractivity contribution >= 4 is 34.4 Å². The summed E-state index contributed by atoms with van der Waals surface area (Å²) in [6, 6.07) is 12.0. The number of alkyl halides is 3. The minimum absolute atomic E-state index is 0.0499. The van der Waals surface area contributed by atoms with Gasteiger partial charge in [0, 0.05) is 36.8 Å². The van der Waals surface area contributed by atoms with Gasteiger partial charge >= 0.3 is 12.1 Å². The van der Waals surface area contributed by atoms with Crippen LogP contribution in [-0.2, 0) is 14.4 Å². The Morgan fingerprint density at radius 3 is 2.57 bits per heavy atom. The smallest absolute Gasteiger partial charge is 0.366 e. The first-order valence-corrected chi connectivity index (χ1v) is 10.8. The lowest BCUT2D eigenvalue weighted by atomic mass is 9.95. The summed E-state index contributed by atoms with van der Waals surface area (Å²) < 4.78 is 38.8. The molecule has 4 rings (SSSR count). The molecule has 1 unspecified atom stereocenters. The highest BCUT2D eigenvalue weighted by Crippen LogP contribution is 2.24. The summed E-state index contributed by atoms with van der Waals surface area (Å²) in [5.41, 5.74) is 7.44. The van der Waals surface area contributed by atoms with E-state index in [1.165, 1.54) is 0 Å². The molecule has 12 heteroatoms. The van der Waals surface area contributed by atoms with Crippen LogP contribution in [-0.4, -0.2) is 51.9 Å². The van der Waals surface area contributed by atoms with Gasteiger partial charge in [-0.3, -0.25) is 9.59 Å². The van der Waals surface area contributed by atoms with E-state index in [-0.39, 0.29) is 31.3 Å². The third-order valence-corrected chi connectivity index (χ3v) is 5.62. The number of fused-ring (bicyclic) bond motifs is 1. The molecule has 35 heavy (non-hydrogen) atoms. The number of nitrogens with zero attached hydrogens (tertiary/aromatic N) is 3. The number of piperidine rings is 1. The molecule has 1 aliphatic rings. The average Bonchev–Trinajstić information content (AvgIpc) is 3.23. The minimum atomic E-state index is -5.07. The highest BCUT2D eigenvalue weighted by Gasteiger charge is 2.43. The molecule has 1 aromatic heterocycles. The predicted octanol–water partition coefficient (Wildman–Crippen LogP) is 3.19. The zero-order valence-corrected chi connectivity index (χ0v) is 18.4. The van der Waals surface area contributed by atoms with Gasteiger partial charge in [-0.1, -0.05) is 12.1 Å². The second-order valence-corrected chi connectivity index (χ2v) is 8.25. The van der Waals surface area contributed by atoms with E-state index in [0.717, 1.165) is 10.4 Å². The van der Waals surface area contributed by atoms with E-state index in [2.05, 4.69) is 15.3 Å². The van der Waals surface area contributed by atoms with Crippen LogP contribution in [0.5, 0.6) is 0 Å². The summed E-state index contributed by atoms with van der Waals surface area (Å²) in [6.45, 7) is 0.235. The van der Waals surface area contributed by atoms with Crippen LogP contribution >= 0.6 is 0 Å². The van der Waals surface area contributed by atoms with E-state index in [9.17, 15) is 27.6 Å². The van der Waals surface area contributed by atoms with Crippen LogP contribution < -0.4 is 11.1 Å². The number of nitrogens with one attached hydrogen (secondary N) is 1. The molecule has 1 atom stereocenters. The lowest BCUT2D eigenvalue weighted by Gasteiger charge is -2.30. The molecule has 0 radical (unpaired) electrons. The molecule has 3 N–H and O–H groups in total. The number of aromatic nitrogens is 2. The fourth-order valence-corrected chi connectivity index (χ4v) is 3.99. The maximum absolute atomic E-state index is 12.5. The number of hydrogen-bond donors (Lipinski definition) is 2. The van der Waals surface area contributed by atoms with Crippen molar-refractivity contribution in [1.82, 2.24) is 14.8 Å². The van der Waals surface area contributed by atoms with Gasteiger partial charge < -0.3 is 15.9 Å². The lowest BCUT2D eigenvalue weighted by molar-refractivity contribution is -0.243. The van der Waals surface area contributed by atoms with Crippen molar-refractivity contribution in [3.8, 4) is 5.69 Å². The number of halogens is 3. The zero-order chi connectivity index (χ0) is 25.2. The molecule has 0 spiro atoms. The maximum atomic E-state index is 12.5. The highest BCUT2D eigenvalue weighted by molar-refractivity contribution is 6.04. The molecule has 0 aliphatic carbocycles. The van der Waals surface area contributed by atoms with Crippen molar-refractivity contribution in [1.29, 1.82) is 0 Å². The monoisotopic (exact) mass is 489 g/mol. The SMILES string of the molecule is NC(=O)c1cccc2cn(-c3ccc(NC(=O)CC4CCCN(OC(=O)C(F)(F)F)C4)cc3)nc12. The molecule has 1 fully saturated rings. The average molecular weight is 489 g/mol. The van der Waals surface area contributed by atoms with Gasteiger partial charge in [-0.25, -0.2) is 9.48 Å². The summed E-state index contributed by atoms with van der Waals surface area (Å²) >= 11 is 0. The van der Waals surface area contributed by atoms with Gasteiger partial charge in [0.05, 0.1) is 11.3 Å². The van der Waals surface area contributed by atoms with Gasteiger partial charge in [0.25, 0.3) is 5.91 Å². The zero-order valence-electron chi connectivity index (χ0n) is 18.4. The largest absolute Gasteiger partial charge is 0.492 e. The number of rotatable bonds is 6. The van der Waals surface area contributed by atoms with Crippen LogP contribution in [0.15, 0.2) is 48.7 Å². The van der Waals surface area contributed by atoms with Crippen molar-refractivity contribution in [2.45, 2.75) is 25.4 Å². The molecule has 9 nitrogen and oxygen atoms in total. The van der Waals surface area contributed by atoms with Crippen molar-refractivity contribution in [2.75, 3.05) is 18.4 Å². The van der Waals surface area contributed by atoms with E-state index in [4.69, 9.17) is 5.73 Å². The van der Waals surface area contributed by atoms with Crippen LogP contribution in [0, 0.1) is 5.92 Å². The molecule has 2 amide bonds. The Bertz CT molecular complexity index is 1260. The van der Waals surface area contributed by atoms with Crippen LogP contribution in [0.1, 0.15) is 29.6 Å². The van der Waals surface area contributed by atoms with Gasteiger partial charge in [0.1, 0.15) is 5.52 Å². The number of hydrogen-bond acceptors (Lipinski definition) is 6. The number of benzene rings is 2. The van der Waals surface area contributed by atoms with Gasteiger partial charge in [-0.2, -0.15) is 18.3 Å². The third kappa shape index (κ3) is 5.77. The lowest BCUT2D eigenvalue weighted by Crippen LogP contribution is -2.41. The first-order valence-electron chi connectivity index (χ1n) is 10.8. The molecule has 3 aromatic rings. The van der Waals surface area contributed by atoms with Crippen molar-refractivity contribution < 1.29 is 32.4 Å².